The lowest BCUT2D eigenvalue weighted by Crippen LogP contribution is -2.24. The highest BCUT2D eigenvalue weighted by Crippen LogP contribution is 2.23. The van der Waals surface area contributed by atoms with Crippen LogP contribution in [0.2, 0.25) is 0 Å². The second-order valence-electron chi connectivity index (χ2n) is 6.79. The van der Waals surface area contributed by atoms with E-state index in [1.54, 1.807) is 54.6 Å². The summed E-state index contributed by atoms with van der Waals surface area (Å²) in [6, 6.07) is 18.2. The van der Waals surface area contributed by atoms with Crippen LogP contribution in [0.5, 0.6) is 0 Å². The van der Waals surface area contributed by atoms with E-state index in [0.29, 0.717) is 28.1 Å². The molecule has 8 heteroatoms. The van der Waals surface area contributed by atoms with E-state index in [1.807, 2.05) is 0 Å². The van der Waals surface area contributed by atoms with E-state index in [4.69, 9.17) is 4.42 Å². The first-order chi connectivity index (χ1) is 14.6. The minimum atomic E-state index is -0.584. The smallest absolute Gasteiger partial charge is 0.408 e. The van der Waals surface area contributed by atoms with E-state index < -0.39 is 5.76 Å². The average Bonchev–Trinajstić information content (AvgIpc) is 3.29. The van der Waals surface area contributed by atoms with Gasteiger partial charge >= 0.3 is 5.76 Å². The summed E-state index contributed by atoms with van der Waals surface area (Å²) in [5.74, 6) is -0.658. The number of anilines is 1. The maximum absolute atomic E-state index is 13.1. The van der Waals surface area contributed by atoms with Crippen LogP contribution >= 0.6 is 0 Å². The number of nitrogens with zero attached hydrogens (tertiary/aromatic N) is 2. The van der Waals surface area contributed by atoms with Gasteiger partial charge in [-0.3, -0.25) is 9.36 Å². The number of benzene rings is 3. The lowest BCUT2D eigenvalue weighted by Gasteiger charge is -2.05. The van der Waals surface area contributed by atoms with Crippen molar-refractivity contribution in [3.63, 3.8) is 0 Å². The minimum absolute atomic E-state index is 0.169. The normalized spacial score (nSPS) is 11.2. The molecule has 3 aromatic carbocycles. The summed E-state index contributed by atoms with van der Waals surface area (Å²) in [5.41, 5.74) is 3.74. The average molecular weight is 402 g/mol. The molecule has 1 amide bonds. The Morgan fingerprint density at radius 1 is 1.10 bits per heavy atom. The monoisotopic (exact) mass is 402 g/mol. The fraction of sp³-hybridized carbons (Fsp3) is 0.0455. The number of aromatic amines is 1. The number of oxazole rings is 1. The molecular formula is C22H15FN4O3. The van der Waals surface area contributed by atoms with Crippen molar-refractivity contribution in [3.8, 4) is 11.4 Å². The number of halogens is 1. The summed E-state index contributed by atoms with van der Waals surface area (Å²) < 4.78 is 19.6. The van der Waals surface area contributed by atoms with Crippen molar-refractivity contribution in [1.82, 2.24) is 14.5 Å². The van der Waals surface area contributed by atoms with Gasteiger partial charge in [-0.2, -0.15) is 0 Å². The molecule has 0 saturated heterocycles. The lowest BCUT2D eigenvalue weighted by atomic mass is 10.2. The molecule has 0 spiro atoms. The van der Waals surface area contributed by atoms with E-state index in [-0.39, 0.29) is 18.3 Å². The largest absolute Gasteiger partial charge is 0.420 e. The first-order valence-corrected chi connectivity index (χ1v) is 9.21. The van der Waals surface area contributed by atoms with Crippen molar-refractivity contribution in [2.24, 2.45) is 0 Å². The van der Waals surface area contributed by atoms with Crippen molar-refractivity contribution < 1.29 is 13.6 Å². The summed E-state index contributed by atoms with van der Waals surface area (Å²) in [5, 5.41) is 2.78. The third kappa shape index (κ3) is 3.24. The number of amides is 1. The van der Waals surface area contributed by atoms with Gasteiger partial charge in [-0.25, -0.2) is 14.2 Å². The van der Waals surface area contributed by atoms with E-state index >= 15 is 0 Å². The lowest BCUT2D eigenvalue weighted by molar-refractivity contribution is -0.116. The van der Waals surface area contributed by atoms with Gasteiger partial charge < -0.3 is 14.7 Å². The number of para-hydroxylation sites is 2. The van der Waals surface area contributed by atoms with Gasteiger partial charge in [0.2, 0.25) is 5.91 Å². The van der Waals surface area contributed by atoms with E-state index in [1.165, 1.54) is 16.7 Å². The van der Waals surface area contributed by atoms with Gasteiger partial charge in [0.15, 0.2) is 5.58 Å². The molecule has 0 atom stereocenters. The second kappa shape index (κ2) is 7.00. The van der Waals surface area contributed by atoms with Crippen LogP contribution in [0.25, 0.3) is 33.5 Å². The Bertz CT molecular complexity index is 1450. The van der Waals surface area contributed by atoms with E-state index in [9.17, 15) is 14.0 Å². The highest BCUT2D eigenvalue weighted by molar-refractivity contribution is 5.94. The molecule has 5 aromatic rings. The molecule has 2 aromatic heterocycles. The van der Waals surface area contributed by atoms with Crippen LogP contribution in [0.15, 0.2) is 75.9 Å². The van der Waals surface area contributed by atoms with Gasteiger partial charge in [0.25, 0.3) is 0 Å². The summed E-state index contributed by atoms with van der Waals surface area (Å²) >= 11 is 0. The molecule has 0 aliphatic heterocycles. The zero-order chi connectivity index (χ0) is 20.7. The third-order valence-corrected chi connectivity index (χ3v) is 4.76. The molecule has 7 nitrogen and oxygen atoms in total. The number of fused-ring (bicyclic) bond motifs is 2. The van der Waals surface area contributed by atoms with Crippen LogP contribution in [-0.4, -0.2) is 20.4 Å². The Hall–Kier alpha value is -4.20. The Kier molecular flexibility index (Phi) is 4.17. The zero-order valence-corrected chi connectivity index (χ0v) is 15.6. The summed E-state index contributed by atoms with van der Waals surface area (Å²) in [4.78, 5) is 32.2. The highest BCUT2D eigenvalue weighted by atomic mass is 19.1. The number of rotatable bonds is 4. The van der Waals surface area contributed by atoms with Gasteiger partial charge in [-0.05, 0) is 54.6 Å². The molecule has 30 heavy (non-hydrogen) atoms. The van der Waals surface area contributed by atoms with Gasteiger partial charge in [-0.15, -0.1) is 0 Å². The Morgan fingerprint density at radius 2 is 1.90 bits per heavy atom. The minimum Gasteiger partial charge on any atom is -0.408 e. The van der Waals surface area contributed by atoms with E-state index in [2.05, 4.69) is 15.3 Å². The summed E-state index contributed by atoms with van der Waals surface area (Å²) in [7, 11) is 0. The van der Waals surface area contributed by atoms with Crippen molar-refractivity contribution >= 4 is 33.7 Å². The number of hydrogen-bond acceptors (Lipinski definition) is 4. The number of aromatic nitrogens is 3. The molecule has 0 aliphatic rings. The topological polar surface area (TPSA) is 92.9 Å². The van der Waals surface area contributed by atoms with E-state index in [0.717, 1.165) is 11.1 Å². The van der Waals surface area contributed by atoms with Crippen LogP contribution in [0.1, 0.15) is 0 Å². The second-order valence-corrected chi connectivity index (χ2v) is 6.79. The van der Waals surface area contributed by atoms with Crippen LogP contribution in [0.3, 0.4) is 0 Å². The molecule has 0 unspecified atom stereocenters. The van der Waals surface area contributed by atoms with Crippen molar-refractivity contribution in [1.29, 1.82) is 0 Å². The van der Waals surface area contributed by atoms with Crippen LogP contribution in [0, 0.1) is 5.82 Å². The van der Waals surface area contributed by atoms with Crippen molar-refractivity contribution in [3.05, 3.63) is 83.1 Å². The van der Waals surface area contributed by atoms with Gasteiger partial charge in [0.05, 0.1) is 16.6 Å². The molecule has 5 rings (SSSR count). The molecule has 0 bridgehead atoms. The first kappa shape index (κ1) is 17.9. The number of imidazole rings is 1. The SMILES string of the molecule is O=C(Cn1c(=O)oc2ccccc21)Nc1ccc2nc(-c3ccc(F)cc3)[nH]c2c1. The summed E-state index contributed by atoms with van der Waals surface area (Å²) in [6.45, 7) is -0.169. The van der Waals surface area contributed by atoms with Gasteiger partial charge in [-0.1, -0.05) is 12.1 Å². The Balaban J connectivity index is 1.38. The third-order valence-electron chi connectivity index (χ3n) is 4.76. The predicted octanol–water partition coefficient (Wildman–Crippen LogP) is 3.92. The fourth-order valence-corrected chi connectivity index (χ4v) is 3.34. The van der Waals surface area contributed by atoms with Crippen LogP contribution in [0.4, 0.5) is 10.1 Å². The fourth-order valence-electron chi connectivity index (χ4n) is 3.34. The molecule has 0 saturated carbocycles. The maximum Gasteiger partial charge on any atom is 0.420 e. The zero-order valence-electron chi connectivity index (χ0n) is 15.6. The van der Waals surface area contributed by atoms with Crippen molar-refractivity contribution in [2.75, 3.05) is 5.32 Å². The van der Waals surface area contributed by atoms with Crippen LogP contribution in [-0.2, 0) is 11.3 Å². The van der Waals surface area contributed by atoms with Crippen LogP contribution < -0.4 is 11.1 Å². The Morgan fingerprint density at radius 3 is 2.73 bits per heavy atom. The maximum atomic E-state index is 13.1. The van der Waals surface area contributed by atoms with Crippen molar-refractivity contribution in [2.45, 2.75) is 6.54 Å². The molecule has 0 aliphatic carbocycles. The number of carbonyl (C=O) groups excluding carboxylic acids is 1. The first-order valence-electron chi connectivity index (χ1n) is 9.21. The molecule has 2 N–H and O–H groups in total. The Labute approximate surface area is 168 Å². The predicted molar refractivity (Wildman–Crippen MR) is 111 cm³/mol. The number of nitrogens with one attached hydrogen (secondary N) is 2. The quantitative estimate of drug-likeness (QED) is 0.477. The molecule has 0 fully saturated rings. The number of hydrogen-bond donors (Lipinski definition) is 2. The van der Waals surface area contributed by atoms with Gasteiger partial charge in [0, 0.05) is 11.3 Å². The van der Waals surface area contributed by atoms with Gasteiger partial charge in [0.1, 0.15) is 18.2 Å². The molecule has 0 radical (unpaired) electrons. The number of H-pyrrole nitrogens is 1. The molecule has 2 heterocycles. The standard InChI is InChI=1S/C22H15FN4O3/c23-14-7-5-13(6-8-14)21-25-16-10-9-15(11-17(16)26-21)24-20(28)12-27-18-3-1-2-4-19(18)30-22(27)29/h1-11H,12H2,(H,24,28)(H,25,26). The molecular weight excluding hydrogens is 387 g/mol. The highest BCUT2D eigenvalue weighted by Gasteiger charge is 2.13. The molecule has 148 valence electrons. The summed E-state index contributed by atoms with van der Waals surface area (Å²) in [6.07, 6.45) is 0. The number of carbonyl (C=O) groups is 1.